The lowest BCUT2D eigenvalue weighted by molar-refractivity contribution is -0.130. The van der Waals surface area contributed by atoms with Crippen molar-refractivity contribution in [1.82, 2.24) is 5.32 Å². The summed E-state index contributed by atoms with van der Waals surface area (Å²) >= 11 is 0. The molecule has 1 atom stereocenters. The van der Waals surface area contributed by atoms with E-state index in [1.165, 1.54) is 7.11 Å². The van der Waals surface area contributed by atoms with E-state index >= 15 is 0 Å². The molecular weight excluding hydrogens is 270 g/mol. The highest BCUT2D eigenvalue weighted by molar-refractivity contribution is 5.94. The molecule has 2 amide bonds. The van der Waals surface area contributed by atoms with Gasteiger partial charge in [0.15, 0.2) is 0 Å². The number of nitrogens with two attached hydrogens (primary N) is 1. The number of carbonyl (C=O) groups excluding carboxylic acids is 2. The Kier molecular flexibility index (Phi) is 5.30. The lowest BCUT2D eigenvalue weighted by Gasteiger charge is -2.13. The van der Waals surface area contributed by atoms with Crippen LogP contribution in [0.5, 0.6) is 0 Å². The molecule has 21 heavy (non-hydrogen) atoms. The molecule has 0 bridgehead atoms. The topological polar surface area (TPSA) is 93.4 Å². The standard InChI is InChI=1S/C15H21N3O3/c1-21-13(8-16)15(20)17-9-10-3-2-4-12(7-10)18-14(19)11-5-6-11/h2-4,7,11,13H,5-6,8-9,16H2,1H3,(H,17,20)(H,18,19). The van der Waals surface area contributed by atoms with Crippen LogP contribution in [0.1, 0.15) is 18.4 Å². The van der Waals surface area contributed by atoms with Gasteiger partial charge in [-0.3, -0.25) is 9.59 Å². The van der Waals surface area contributed by atoms with Crippen molar-refractivity contribution in [2.45, 2.75) is 25.5 Å². The van der Waals surface area contributed by atoms with E-state index in [0.29, 0.717) is 6.54 Å². The number of methoxy groups -OCH3 is 1. The molecular formula is C15H21N3O3. The average molecular weight is 291 g/mol. The number of benzene rings is 1. The lowest BCUT2D eigenvalue weighted by atomic mass is 10.2. The van der Waals surface area contributed by atoms with Gasteiger partial charge in [0.05, 0.1) is 0 Å². The molecule has 1 aliphatic rings. The molecule has 2 rings (SSSR count). The van der Waals surface area contributed by atoms with Crippen LogP contribution in [0.3, 0.4) is 0 Å². The molecule has 1 saturated carbocycles. The second kappa shape index (κ2) is 7.19. The first-order valence-corrected chi connectivity index (χ1v) is 7.04. The summed E-state index contributed by atoms with van der Waals surface area (Å²) in [4.78, 5) is 23.5. The summed E-state index contributed by atoms with van der Waals surface area (Å²) in [7, 11) is 1.45. The van der Waals surface area contributed by atoms with E-state index in [1.54, 1.807) is 0 Å². The van der Waals surface area contributed by atoms with Crippen molar-refractivity contribution in [3.8, 4) is 0 Å². The molecule has 0 spiro atoms. The number of amides is 2. The lowest BCUT2D eigenvalue weighted by Crippen LogP contribution is -2.40. The van der Waals surface area contributed by atoms with Gasteiger partial charge in [0.2, 0.25) is 5.91 Å². The number of hydrogen-bond acceptors (Lipinski definition) is 4. The van der Waals surface area contributed by atoms with Crippen LogP contribution in [0, 0.1) is 5.92 Å². The summed E-state index contributed by atoms with van der Waals surface area (Å²) in [5, 5.41) is 5.64. The largest absolute Gasteiger partial charge is 0.370 e. The summed E-state index contributed by atoms with van der Waals surface area (Å²) in [6, 6.07) is 7.42. The Bertz CT molecular complexity index is 511. The van der Waals surface area contributed by atoms with Crippen molar-refractivity contribution in [1.29, 1.82) is 0 Å². The highest BCUT2D eigenvalue weighted by Gasteiger charge is 2.29. The van der Waals surface area contributed by atoms with Gasteiger partial charge >= 0.3 is 0 Å². The zero-order chi connectivity index (χ0) is 15.2. The van der Waals surface area contributed by atoms with Crippen LogP contribution in [0.15, 0.2) is 24.3 Å². The van der Waals surface area contributed by atoms with E-state index in [1.807, 2.05) is 24.3 Å². The Balaban J connectivity index is 1.88. The summed E-state index contributed by atoms with van der Waals surface area (Å²) in [6.45, 7) is 0.506. The van der Waals surface area contributed by atoms with Crippen LogP contribution in [-0.4, -0.2) is 31.6 Å². The molecule has 0 aliphatic heterocycles. The molecule has 0 heterocycles. The molecule has 1 aromatic rings. The molecule has 6 heteroatoms. The first-order chi connectivity index (χ1) is 10.1. The Morgan fingerprint density at radius 2 is 2.19 bits per heavy atom. The van der Waals surface area contributed by atoms with Crippen LogP contribution in [-0.2, 0) is 20.9 Å². The van der Waals surface area contributed by atoms with Gasteiger partial charge in [-0.2, -0.15) is 0 Å². The van der Waals surface area contributed by atoms with Gasteiger partial charge in [-0.1, -0.05) is 12.1 Å². The Morgan fingerprint density at radius 3 is 2.81 bits per heavy atom. The maximum atomic E-state index is 11.8. The highest BCUT2D eigenvalue weighted by Crippen LogP contribution is 2.30. The smallest absolute Gasteiger partial charge is 0.250 e. The quantitative estimate of drug-likeness (QED) is 0.686. The van der Waals surface area contributed by atoms with E-state index in [9.17, 15) is 9.59 Å². The van der Waals surface area contributed by atoms with Crippen molar-refractivity contribution >= 4 is 17.5 Å². The van der Waals surface area contributed by atoms with Gasteiger partial charge in [-0.05, 0) is 30.5 Å². The Morgan fingerprint density at radius 1 is 1.43 bits per heavy atom. The Hall–Kier alpha value is -1.92. The average Bonchev–Trinajstić information content (AvgIpc) is 3.31. The third kappa shape index (κ3) is 4.54. The minimum Gasteiger partial charge on any atom is -0.370 e. The predicted molar refractivity (Wildman–Crippen MR) is 79.5 cm³/mol. The zero-order valence-electron chi connectivity index (χ0n) is 12.1. The molecule has 4 N–H and O–H groups in total. The number of rotatable bonds is 7. The van der Waals surface area contributed by atoms with Gasteiger partial charge in [0, 0.05) is 31.8 Å². The summed E-state index contributed by atoms with van der Waals surface area (Å²) < 4.78 is 4.97. The minimum atomic E-state index is -0.636. The maximum absolute atomic E-state index is 11.8. The molecule has 0 radical (unpaired) electrons. The fourth-order valence-electron chi connectivity index (χ4n) is 1.96. The van der Waals surface area contributed by atoms with Crippen molar-refractivity contribution in [3.05, 3.63) is 29.8 Å². The molecule has 1 fully saturated rings. The Labute approximate surface area is 124 Å². The molecule has 1 unspecified atom stereocenters. The summed E-state index contributed by atoms with van der Waals surface area (Å²) in [5.41, 5.74) is 7.09. The van der Waals surface area contributed by atoms with Crippen LogP contribution in [0.4, 0.5) is 5.69 Å². The fourth-order valence-corrected chi connectivity index (χ4v) is 1.96. The second-order valence-electron chi connectivity index (χ2n) is 5.14. The zero-order valence-corrected chi connectivity index (χ0v) is 12.1. The number of hydrogen-bond donors (Lipinski definition) is 3. The molecule has 6 nitrogen and oxygen atoms in total. The summed E-state index contributed by atoms with van der Waals surface area (Å²) in [5.74, 6) is -0.00782. The third-order valence-electron chi connectivity index (χ3n) is 3.40. The van der Waals surface area contributed by atoms with Crippen molar-refractivity contribution in [2.24, 2.45) is 11.7 Å². The SMILES string of the molecule is COC(CN)C(=O)NCc1cccc(NC(=O)C2CC2)c1. The molecule has 1 aromatic carbocycles. The summed E-state index contributed by atoms with van der Waals surface area (Å²) in [6.07, 6.45) is 1.31. The fraction of sp³-hybridized carbons (Fsp3) is 0.467. The van der Waals surface area contributed by atoms with Gasteiger partial charge in [0.25, 0.3) is 5.91 Å². The molecule has 0 aromatic heterocycles. The molecule has 1 aliphatic carbocycles. The van der Waals surface area contributed by atoms with Crippen molar-refractivity contribution < 1.29 is 14.3 Å². The van der Waals surface area contributed by atoms with Gasteiger partial charge in [-0.15, -0.1) is 0 Å². The van der Waals surface area contributed by atoms with E-state index in [-0.39, 0.29) is 24.3 Å². The van der Waals surface area contributed by atoms with Crippen LogP contribution in [0.2, 0.25) is 0 Å². The molecule has 114 valence electrons. The molecule has 0 saturated heterocycles. The van der Waals surface area contributed by atoms with Crippen LogP contribution in [0.25, 0.3) is 0 Å². The monoisotopic (exact) mass is 291 g/mol. The van der Waals surface area contributed by atoms with E-state index in [2.05, 4.69) is 10.6 Å². The second-order valence-corrected chi connectivity index (χ2v) is 5.14. The van der Waals surface area contributed by atoms with Crippen LogP contribution < -0.4 is 16.4 Å². The van der Waals surface area contributed by atoms with Gasteiger partial charge in [-0.25, -0.2) is 0 Å². The predicted octanol–water partition coefficient (Wildman–Crippen LogP) is 0.625. The number of carbonyl (C=O) groups is 2. The number of nitrogens with one attached hydrogen (secondary N) is 2. The number of anilines is 1. The van der Waals surface area contributed by atoms with E-state index in [4.69, 9.17) is 10.5 Å². The number of ether oxygens (including phenoxy) is 1. The van der Waals surface area contributed by atoms with Crippen molar-refractivity contribution in [3.63, 3.8) is 0 Å². The van der Waals surface area contributed by atoms with E-state index < -0.39 is 6.10 Å². The van der Waals surface area contributed by atoms with Crippen LogP contribution >= 0.6 is 0 Å². The first-order valence-electron chi connectivity index (χ1n) is 7.04. The van der Waals surface area contributed by atoms with Gasteiger partial charge < -0.3 is 21.1 Å². The first kappa shape index (κ1) is 15.5. The third-order valence-corrected chi connectivity index (χ3v) is 3.40. The van der Waals surface area contributed by atoms with Crippen molar-refractivity contribution in [2.75, 3.05) is 19.0 Å². The maximum Gasteiger partial charge on any atom is 0.250 e. The normalized spacial score (nSPS) is 15.3. The highest BCUT2D eigenvalue weighted by atomic mass is 16.5. The minimum absolute atomic E-state index is 0.0683. The van der Waals surface area contributed by atoms with E-state index in [0.717, 1.165) is 24.1 Å². The van der Waals surface area contributed by atoms with Gasteiger partial charge in [0.1, 0.15) is 6.10 Å².